The van der Waals surface area contributed by atoms with E-state index in [-0.39, 0.29) is 5.91 Å². The number of carbonyl (C=O) groups is 1. The number of aryl methyl sites for hydroxylation is 1. The predicted molar refractivity (Wildman–Crippen MR) is 81.3 cm³/mol. The molecule has 0 unspecified atom stereocenters. The van der Waals surface area contributed by atoms with E-state index in [1.807, 2.05) is 52.8 Å². The van der Waals surface area contributed by atoms with Gasteiger partial charge in [0.05, 0.1) is 6.61 Å². The van der Waals surface area contributed by atoms with Gasteiger partial charge in [0.2, 0.25) is 0 Å². The zero-order valence-corrected chi connectivity index (χ0v) is 13.1. The zero-order chi connectivity index (χ0) is 15.2. The molecule has 1 aromatic rings. The lowest BCUT2D eigenvalue weighted by molar-refractivity contribution is -0.139. The number of hydrogen-bond acceptors (Lipinski definition) is 3. The van der Waals surface area contributed by atoms with Crippen LogP contribution in [0.15, 0.2) is 18.2 Å². The van der Waals surface area contributed by atoms with E-state index in [0.29, 0.717) is 19.6 Å². The first-order valence-electron chi connectivity index (χ1n) is 7.15. The first-order chi connectivity index (χ1) is 9.46. The van der Waals surface area contributed by atoms with Gasteiger partial charge in [-0.3, -0.25) is 4.79 Å². The molecule has 0 aliphatic rings. The van der Waals surface area contributed by atoms with Crippen LogP contribution in [-0.4, -0.2) is 24.7 Å². The summed E-state index contributed by atoms with van der Waals surface area (Å²) in [4.78, 5) is 12.3. The molecule has 1 amide bonds. The summed E-state index contributed by atoms with van der Waals surface area (Å²) in [5.74, 6) is 0.721. The Kier molecular flexibility index (Phi) is 6.02. The summed E-state index contributed by atoms with van der Waals surface area (Å²) in [6.45, 7) is 10.7. The van der Waals surface area contributed by atoms with Gasteiger partial charge in [0.25, 0.3) is 5.91 Å². The normalized spacial score (nSPS) is 13.7. The smallest absolute Gasteiger partial charge is 0.256 e. The number of amides is 1. The standard InChI is InChI=1S/C16H25NO3/c1-6-16(5,20-8-3)15(18)17-13-9-10-14(19-7-2)12(4)11-13/h9-11H,6-8H2,1-5H3,(H,17,18)/t16-/m1/s1. The molecule has 1 N–H and O–H groups in total. The SMILES string of the molecule is CCOc1ccc(NC(=O)[C@@](C)(CC)OCC)cc1C. The molecule has 4 nitrogen and oxygen atoms in total. The molecule has 0 saturated carbocycles. The van der Waals surface area contributed by atoms with E-state index in [4.69, 9.17) is 9.47 Å². The number of nitrogens with one attached hydrogen (secondary N) is 1. The van der Waals surface area contributed by atoms with Crippen LogP contribution < -0.4 is 10.1 Å². The lowest BCUT2D eigenvalue weighted by Crippen LogP contribution is -2.42. The third kappa shape index (κ3) is 3.97. The molecule has 0 bridgehead atoms. The molecule has 0 saturated heterocycles. The van der Waals surface area contributed by atoms with E-state index in [2.05, 4.69) is 5.32 Å². The maximum absolute atomic E-state index is 12.3. The Bertz CT molecular complexity index is 459. The van der Waals surface area contributed by atoms with Gasteiger partial charge >= 0.3 is 0 Å². The van der Waals surface area contributed by atoms with Gasteiger partial charge in [0.15, 0.2) is 0 Å². The lowest BCUT2D eigenvalue weighted by atomic mass is 10.0. The van der Waals surface area contributed by atoms with Crippen LogP contribution in [0.3, 0.4) is 0 Å². The molecule has 20 heavy (non-hydrogen) atoms. The van der Waals surface area contributed by atoms with Crippen molar-refractivity contribution >= 4 is 11.6 Å². The highest BCUT2D eigenvalue weighted by Gasteiger charge is 2.31. The lowest BCUT2D eigenvalue weighted by Gasteiger charge is -2.26. The average molecular weight is 279 g/mol. The van der Waals surface area contributed by atoms with E-state index in [0.717, 1.165) is 17.0 Å². The number of benzene rings is 1. The summed E-state index contributed by atoms with van der Waals surface area (Å²) >= 11 is 0. The van der Waals surface area contributed by atoms with E-state index in [1.54, 1.807) is 0 Å². The molecule has 1 atom stereocenters. The van der Waals surface area contributed by atoms with E-state index < -0.39 is 5.60 Å². The highest BCUT2D eigenvalue weighted by atomic mass is 16.5. The van der Waals surface area contributed by atoms with Crippen molar-refractivity contribution in [2.75, 3.05) is 18.5 Å². The Morgan fingerprint density at radius 2 is 1.95 bits per heavy atom. The molecule has 1 rings (SSSR count). The minimum atomic E-state index is -0.790. The summed E-state index contributed by atoms with van der Waals surface area (Å²) in [5.41, 5.74) is 0.968. The van der Waals surface area contributed by atoms with Crippen molar-refractivity contribution in [2.45, 2.75) is 46.6 Å². The number of rotatable bonds is 7. The van der Waals surface area contributed by atoms with Crippen molar-refractivity contribution < 1.29 is 14.3 Å². The summed E-state index contributed by atoms with van der Waals surface area (Å²) in [7, 11) is 0. The van der Waals surface area contributed by atoms with Gasteiger partial charge in [-0.1, -0.05) is 6.92 Å². The molecule has 0 heterocycles. The quantitative estimate of drug-likeness (QED) is 0.830. The second kappa shape index (κ2) is 7.29. The summed E-state index contributed by atoms with van der Waals surface area (Å²) < 4.78 is 11.1. The fourth-order valence-electron chi connectivity index (χ4n) is 1.95. The molecule has 4 heteroatoms. The molecule has 0 radical (unpaired) electrons. The van der Waals surface area contributed by atoms with Gasteiger partial charge in [0, 0.05) is 12.3 Å². The van der Waals surface area contributed by atoms with E-state index >= 15 is 0 Å². The summed E-state index contributed by atoms with van der Waals surface area (Å²) in [6.07, 6.45) is 0.628. The molecule has 0 aliphatic carbocycles. The first-order valence-corrected chi connectivity index (χ1v) is 7.15. The molecule has 1 aromatic carbocycles. The van der Waals surface area contributed by atoms with Crippen LogP contribution in [0.4, 0.5) is 5.69 Å². The Morgan fingerprint density at radius 1 is 1.25 bits per heavy atom. The second-order valence-electron chi connectivity index (χ2n) is 4.88. The van der Waals surface area contributed by atoms with Crippen LogP contribution in [0.2, 0.25) is 0 Å². The average Bonchev–Trinajstić information content (AvgIpc) is 2.42. The minimum Gasteiger partial charge on any atom is -0.494 e. The van der Waals surface area contributed by atoms with Crippen molar-refractivity contribution in [2.24, 2.45) is 0 Å². The molecule has 112 valence electrons. The molecular formula is C16H25NO3. The van der Waals surface area contributed by atoms with Gasteiger partial charge < -0.3 is 14.8 Å². The number of hydrogen-bond donors (Lipinski definition) is 1. The predicted octanol–water partition coefficient (Wildman–Crippen LogP) is 3.54. The highest BCUT2D eigenvalue weighted by Crippen LogP contribution is 2.24. The van der Waals surface area contributed by atoms with Crippen molar-refractivity contribution in [1.82, 2.24) is 0 Å². The first kappa shape index (κ1) is 16.5. The molecule has 0 spiro atoms. The fourth-order valence-corrected chi connectivity index (χ4v) is 1.95. The molecule has 0 aliphatic heterocycles. The van der Waals surface area contributed by atoms with Crippen molar-refractivity contribution in [1.29, 1.82) is 0 Å². The maximum Gasteiger partial charge on any atom is 0.256 e. The van der Waals surface area contributed by atoms with Crippen LogP contribution in [0.5, 0.6) is 5.75 Å². The van der Waals surface area contributed by atoms with Crippen molar-refractivity contribution in [3.05, 3.63) is 23.8 Å². The summed E-state index contributed by atoms with van der Waals surface area (Å²) in [5, 5.41) is 2.91. The Labute approximate surface area is 121 Å². The highest BCUT2D eigenvalue weighted by molar-refractivity contribution is 5.97. The zero-order valence-electron chi connectivity index (χ0n) is 13.1. The Balaban J connectivity index is 2.82. The van der Waals surface area contributed by atoms with Crippen LogP contribution in [-0.2, 0) is 9.53 Å². The van der Waals surface area contributed by atoms with Gasteiger partial charge in [-0.25, -0.2) is 0 Å². The van der Waals surface area contributed by atoms with Crippen LogP contribution >= 0.6 is 0 Å². The van der Waals surface area contributed by atoms with Crippen LogP contribution in [0.25, 0.3) is 0 Å². The Hall–Kier alpha value is -1.55. The van der Waals surface area contributed by atoms with Crippen LogP contribution in [0, 0.1) is 6.92 Å². The van der Waals surface area contributed by atoms with Gasteiger partial charge in [-0.15, -0.1) is 0 Å². The third-order valence-corrected chi connectivity index (χ3v) is 3.35. The largest absolute Gasteiger partial charge is 0.494 e. The maximum atomic E-state index is 12.3. The third-order valence-electron chi connectivity index (χ3n) is 3.35. The van der Waals surface area contributed by atoms with E-state index in [9.17, 15) is 4.79 Å². The Morgan fingerprint density at radius 3 is 2.45 bits per heavy atom. The topological polar surface area (TPSA) is 47.6 Å². The molecule has 0 aromatic heterocycles. The van der Waals surface area contributed by atoms with Gasteiger partial charge in [0.1, 0.15) is 11.4 Å². The fraction of sp³-hybridized carbons (Fsp3) is 0.562. The number of ether oxygens (including phenoxy) is 2. The number of anilines is 1. The van der Waals surface area contributed by atoms with E-state index in [1.165, 1.54) is 0 Å². The van der Waals surface area contributed by atoms with Crippen LogP contribution in [0.1, 0.15) is 39.7 Å². The number of carbonyl (C=O) groups excluding carboxylic acids is 1. The molecular weight excluding hydrogens is 254 g/mol. The molecule has 0 fully saturated rings. The monoisotopic (exact) mass is 279 g/mol. The van der Waals surface area contributed by atoms with Crippen molar-refractivity contribution in [3.63, 3.8) is 0 Å². The van der Waals surface area contributed by atoms with Gasteiger partial charge in [-0.05, 0) is 57.9 Å². The minimum absolute atomic E-state index is 0.120. The second-order valence-corrected chi connectivity index (χ2v) is 4.88. The summed E-state index contributed by atoms with van der Waals surface area (Å²) in [6, 6.07) is 5.63. The van der Waals surface area contributed by atoms with Gasteiger partial charge in [-0.2, -0.15) is 0 Å². The van der Waals surface area contributed by atoms with Crippen molar-refractivity contribution in [3.8, 4) is 5.75 Å².